The molecule has 0 aliphatic heterocycles. The third-order valence-corrected chi connectivity index (χ3v) is 3.36. The lowest BCUT2D eigenvalue weighted by Crippen LogP contribution is -2.12. The number of nitrogens with one attached hydrogen (secondary N) is 1. The summed E-state index contributed by atoms with van der Waals surface area (Å²) in [6, 6.07) is 6.77. The molecular formula is C16H23N. The van der Waals surface area contributed by atoms with Crippen LogP contribution in [0.25, 0.3) is 10.9 Å². The highest BCUT2D eigenvalue weighted by atomic mass is 14.7. The molecule has 1 aromatic heterocycles. The van der Waals surface area contributed by atoms with Gasteiger partial charge in [-0.15, -0.1) is 0 Å². The van der Waals surface area contributed by atoms with Gasteiger partial charge in [-0.25, -0.2) is 0 Å². The number of rotatable bonds is 0. The molecule has 0 saturated carbocycles. The van der Waals surface area contributed by atoms with Crippen LogP contribution >= 0.6 is 0 Å². The molecule has 2 aromatic rings. The van der Waals surface area contributed by atoms with Gasteiger partial charge in [-0.2, -0.15) is 0 Å². The number of fused-ring (bicyclic) bond motifs is 1. The zero-order chi connectivity index (χ0) is 12.8. The zero-order valence-electron chi connectivity index (χ0n) is 11.8. The maximum atomic E-state index is 3.37. The summed E-state index contributed by atoms with van der Waals surface area (Å²) in [6.45, 7) is 13.6. The largest absolute Gasteiger partial charge is 0.361 e. The van der Waals surface area contributed by atoms with Gasteiger partial charge in [0.2, 0.25) is 0 Å². The van der Waals surface area contributed by atoms with Crippen LogP contribution in [0, 0.1) is 0 Å². The summed E-state index contributed by atoms with van der Waals surface area (Å²) in [6.07, 6.45) is 2.15. The second kappa shape index (κ2) is 3.63. The van der Waals surface area contributed by atoms with E-state index >= 15 is 0 Å². The Morgan fingerprint density at radius 3 is 2.06 bits per heavy atom. The van der Waals surface area contributed by atoms with E-state index in [-0.39, 0.29) is 10.8 Å². The molecule has 0 aliphatic rings. The van der Waals surface area contributed by atoms with Crippen LogP contribution in [0.2, 0.25) is 0 Å². The Balaban J connectivity index is 2.67. The monoisotopic (exact) mass is 229 g/mol. The van der Waals surface area contributed by atoms with Crippen molar-refractivity contribution >= 4 is 10.9 Å². The minimum Gasteiger partial charge on any atom is -0.361 e. The van der Waals surface area contributed by atoms with Crippen LogP contribution in [0.1, 0.15) is 52.7 Å². The highest BCUT2D eigenvalue weighted by Gasteiger charge is 2.20. The average Bonchev–Trinajstić information content (AvgIpc) is 2.57. The summed E-state index contributed by atoms with van der Waals surface area (Å²) in [5.74, 6) is 0. The van der Waals surface area contributed by atoms with E-state index in [2.05, 4.69) is 70.9 Å². The van der Waals surface area contributed by atoms with E-state index < -0.39 is 0 Å². The van der Waals surface area contributed by atoms with E-state index in [1.165, 1.54) is 22.0 Å². The van der Waals surface area contributed by atoms with Crippen molar-refractivity contribution in [1.29, 1.82) is 0 Å². The standard InChI is InChI=1S/C16H23N/c1-15(2,3)11-7-8-14-12(9-11)13(10-17-14)16(4,5)6/h7-10,17H,1-6H3. The molecule has 1 N–H and O–H groups in total. The minimum absolute atomic E-state index is 0.189. The van der Waals surface area contributed by atoms with Crippen LogP contribution < -0.4 is 0 Å². The molecule has 0 saturated heterocycles. The van der Waals surface area contributed by atoms with Gasteiger partial charge in [0.05, 0.1) is 0 Å². The van der Waals surface area contributed by atoms with E-state index in [9.17, 15) is 0 Å². The van der Waals surface area contributed by atoms with Crippen molar-refractivity contribution in [1.82, 2.24) is 4.98 Å². The van der Waals surface area contributed by atoms with Crippen LogP contribution in [0.15, 0.2) is 24.4 Å². The molecule has 17 heavy (non-hydrogen) atoms. The molecule has 1 heterocycles. The number of H-pyrrole nitrogens is 1. The fourth-order valence-electron chi connectivity index (χ4n) is 2.21. The molecule has 92 valence electrons. The smallest absolute Gasteiger partial charge is 0.0457 e. The number of benzene rings is 1. The minimum atomic E-state index is 0.189. The van der Waals surface area contributed by atoms with Crippen LogP contribution in [-0.2, 0) is 10.8 Å². The third kappa shape index (κ3) is 2.24. The lowest BCUT2D eigenvalue weighted by molar-refractivity contribution is 0.588. The summed E-state index contributed by atoms with van der Waals surface area (Å²) >= 11 is 0. The van der Waals surface area contributed by atoms with Gasteiger partial charge in [-0.05, 0) is 34.1 Å². The van der Waals surface area contributed by atoms with E-state index in [0.717, 1.165) is 0 Å². The second-order valence-corrected chi connectivity index (χ2v) is 6.96. The molecule has 0 bridgehead atoms. The van der Waals surface area contributed by atoms with Crippen LogP contribution in [-0.4, -0.2) is 4.98 Å². The summed E-state index contributed by atoms with van der Waals surface area (Å²) in [5.41, 5.74) is 4.44. The Hall–Kier alpha value is -1.24. The average molecular weight is 229 g/mol. The van der Waals surface area contributed by atoms with Gasteiger partial charge < -0.3 is 4.98 Å². The lowest BCUT2D eigenvalue weighted by atomic mass is 9.83. The molecule has 0 aliphatic carbocycles. The molecule has 0 spiro atoms. The maximum Gasteiger partial charge on any atom is 0.0457 e. The first kappa shape index (κ1) is 12.2. The molecule has 0 unspecified atom stereocenters. The van der Waals surface area contributed by atoms with Crippen molar-refractivity contribution < 1.29 is 0 Å². The summed E-state index contributed by atoms with van der Waals surface area (Å²) in [4.78, 5) is 3.37. The number of aromatic nitrogens is 1. The fraction of sp³-hybridized carbons (Fsp3) is 0.500. The Kier molecular flexibility index (Phi) is 2.61. The predicted octanol–water partition coefficient (Wildman–Crippen LogP) is 4.76. The van der Waals surface area contributed by atoms with Crippen molar-refractivity contribution in [3.63, 3.8) is 0 Å². The van der Waals surface area contributed by atoms with Gasteiger partial charge in [0.1, 0.15) is 0 Å². The Morgan fingerprint density at radius 2 is 1.53 bits per heavy atom. The summed E-state index contributed by atoms with van der Waals surface area (Å²) < 4.78 is 0. The molecule has 0 amide bonds. The molecule has 0 atom stereocenters. The number of hydrogen-bond donors (Lipinski definition) is 1. The highest BCUT2D eigenvalue weighted by molar-refractivity contribution is 5.85. The molecule has 0 fully saturated rings. The Bertz CT molecular complexity index is 533. The number of aromatic amines is 1. The van der Waals surface area contributed by atoms with E-state index in [1.807, 2.05) is 0 Å². The van der Waals surface area contributed by atoms with Crippen molar-refractivity contribution in [2.24, 2.45) is 0 Å². The fourth-order valence-corrected chi connectivity index (χ4v) is 2.21. The SMILES string of the molecule is CC(C)(C)c1ccc2[nH]cc(C(C)(C)C)c2c1. The molecule has 0 radical (unpaired) electrons. The first-order valence-corrected chi connectivity index (χ1v) is 6.32. The van der Waals surface area contributed by atoms with Gasteiger partial charge >= 0.3 is 0 Å². The van der Waals surface area contributed by atoms with Crippen LogP contribution in [0.3, 0.4) is 0 Å². The first-order valence-electron chi connectivity index (χ1n) is 6.32. The van der Waals surface area contributed by atoms with E-state index in [1.54, 1.807) is 0 Å². The maximum absolute atomic E-state index is 3.37. The quantitative estimate of drug-likeness (QED) is 0.670. The van der Waals surface area contributed by atoms with Crippen molar-refractivity contribution in [3.8, 4) is 0 Å². The Labute approximate surface area is 104 Å². The Morgan fingerprint density at radius 1 is 0.882 bits per heavy atom. The molecule has 1 nitrogen and oxygen atoms in total. The van der Waals surface area contributed by atoms with Gasteiger partial charge in [0, 0.05) is 17.1 Å². The molecule has 2 rings (SSSR count). The summed E-state index contributed by atoms with van der Waals surface area (Å²) in [5, 5.41) is 1.37. The summed E-state index contributed by atoms with van der Waals surface area (Å²) in [7, 11) is 0. The van der Waals surface area contributed by atoms with E-state index in [4.69, 9.17) is 0 Å². The van der Waals surface area contributed by atoms with Gasteiger partial charge in [-0.1, -0.05) is 47.6 Å². The van der Waals surface area contributed by atoms with Gasteiger partial charge in [-0.3, -0.25) is 0 Å². The van der Waals surface area contributed by atoms with Crippen LogP contribution in [0.5, 0.6) is 0 Å². The normalized spacial score (nSPS) is 13.3. The predicted molar refractivity (Wildman–Crippen MR) is 75.7 cm³/mol. The second-order valence-electron chi connectivity index (χ2n) is 6.96. The van der Waals surface area contributed by atoms with Gasteiger partial charge in [0.25, 0.3) is 0 Å². The lowest BCUT2D eigenvalue weighted by Gasteiger charge is -2.21. The van der Waals surface area contributed by atoms with Gasteiger partial charge in [0.15, 0.2) is 0 Å². The van der Waals surface area contributed by atoms with Crippen molar-refractivity contribution in [2.45, 2.75) is 52.4 Å². The zero-order valence-corrected chi connectivity index (χ0v) is 11.8. The van der Waals surface area contributed by atoms with Crippen LogP contribution in [0.4, 0.5) is 0 Å². The first-order chi connectivity index (χ1) is 7.69. The number of hydrogen-bond acceptors (Lipinski definition) is 0. The molecule has 1 heteroatoms. The van der Waals surface area contributed by atoms with Crippen molar-refractivity contribution in [3.05, 3.63) is 35.5 Å². The molecular weight excluding hydrogens is 206 g/mol. The topological polar surface area (TPSA) is 15.8 Å². The van der Waals surface area contributed by atoms with Crippen molar-refractivity contribution in [2.75, 3.05) is 0 Å². The van der Waals surface area contributed by atoms with E-state index in [0.29, 0.717) is 0 Å². The molecule has 1 aromatic carbocycles. The third-order valence-electron chi connectivity index (χ3n) is 3.36. The highest BCUT2D eigenvalue weighted by Crippen LogP contribution is 2.33.